The summed E-state index contributed by atoms with van der Waals surface area (Å²) in [6.07, 6.45) is -1.06. The van der Waals surface area contributed by atoms with Crippen LogP contribution in [0.15, 0.2) is 89.7 Å². The summed E-state index contributed by atoms with van der Waals surface area (Å²) in [5.74, 6) is -1.25. The van der Waals surface area contributed by atoms with Gasteiger partial charge in [-0.25, -0.2) is 4.79 Å². The Morgan fingerprint density at radius 3 is 2.39 bits per heavy atom. The van der Waals surface area contributed by atoms with Gasteiger partial charge in [-0.3, -0.25) is 9.59 Å². The van der Waals surface area contributed by atoms with Crippen molar-refractivity contribution in [2.75, 3.05) is 5.32 Å². The number of para-hydroxylation sites is 2. The van der Waals surface area contributed by atoms with E-state index in [0.717, 1.165) is 11.1 Å². The minimum Gasteiger partial charge on any atom is -0.448 e. The van der Waals surface area contributed by atoms with Crippen molar-refractivity contribution in [2.45, 2.75) is 13.0 Å². The van der Waals surface area contributed by atoms with Crippen molar-refractivity contribution in [3.05, 3.63) is 101 Å². The summed E-state index contributed by atoms with van der Waals surface area (Å²) in [7, 11) is 0. The molecule has 0 bridgehead atoms. The van der Waals surface area contributed by atoms with Gasteiger partial charge < -0.3 is 15.0 Å². The fourth-order valence-corrected chi connectivity index (χ4v) is 3.28. The zero-order valence-electron chi connectivity index (χ0n) is 16.8. The smallest absolute Gasteiger partial charge is 0.355 e. The van der Waals surface area contributed by atoms with Gasteiger partial charge >= 0.3 is 5.97 Å². The molecule has 0 spiro atoms. The molecule has 1 heterocycles. The molecule has 1 aromatic heterocycles. The summed E-state index contributed by atoms with van der Waals surface area (Å²) in [4.78, 5) is 40.3. The molecular weight excluding hydrogens is 392 g/mol. The molecule has 0 fully saturated rings. The van der Waals surface area contributed by atoms with E-state index in [2.05, 4.69) is 10.3 Å². The van der Waals surface area contributed by atoms with E-state index in [1.165, 1.54) is 13.0 Å². The lowest BCUT2D eigenvalue weighted by Gasteiger charge is -2.16. The standard InChI is InChI=1S/C25H20N2O4/c1-16(31-25(30)22-15-23(28)19-12-6-8-14-21(19)26-22)24(29)27-20-13-7-5-11-18(20)17-9-3-2-4-10-17/h2-16H,1H3,(H,26,28)(H,27,29)/t16-/m0/s1. The number of hydrogen-bond donors (Lipinski definition) is 2. The van der Waals surface area contributed by atoms with Crippen molar-refractivity contribution in [1.29, 1.82) is 0 Å². The van der Waals surface area contributed by atoms with Gasteiger partial charge in [0.2, 0.25) is 0 Å². The van der Waals surface area contributed by atoms with Crippen LogP contribution in [0.5, 0.6) is 0 Å². The van der Waals surface area contributed by atoms with Crippen LogP contribution in [0.25, 0.3) is 22.0 Å². The lowest BCUT2D eigenvalue weighted by atomic mass is 10.0. The van der Waals surface area contributed by atoms with E-state index in [9.17, 15) is 14.4 Å². The molecular formula is C25H20N2O4. The zero-order chi connectivity index (χ0) is 21.8. The molecule has 154 valence electrons. The third-order valence-corrected chi connectivity index (χ3v) is 4.88. The first kappa shape index (κ1) is 20.1. The minimum absolute atomic E-state index is 0.00645. The number of carbonyl (C=O) groups excluding carboxylic acids is 2. The van der Waals surface area contributed by atoms with Crippen LogP contribution in [0.3, 0.4) is 0 Å². The second kappa shape index (κ2) is 8.67. The van der Waals surface area contributed by atoms with Gasteiger partial charge in [-0.05, 0) is 30.7 Å². The summed E-state index contributed by atoms with van der Waals surface area (Å²) in [5, 5.41) is 3.29. The quantitative estimate of drug-likeness (QED) is 0.476. The Balaban J connectivity index is 1.50. The van der Waals surface area contributed by atoms with Crippen molar-refractivity contribution < 1.29 is 14.3 Å². The molecule has 3 aromatic carbocycles. The summed E-state index contributed by atoms with van der Waals surface area (Å²) in [6.45, 7) is 1.48. The lowest BCUT2D eigenvalue weighted by Crippen LogP contribution is -2.30. The van der Waals surface area contributed by atoms with Gasteiger partial charge in [0.15, 0.2) is 11.5 Å². The third kappa shape index (κ3) is 4.38. The molecule has 0 unspecified atom stereocenters. The van der Waals surface area contributed by atoms with Crippen molar-refractivity contribution in [2.24, 2.45) is 0 Å². The summed E-state index contributed by atoms with van der Waals surface area (Å²) in [5.41, 5.74) is 2.64. The molecule has 31 heavy (non-hydrogen) atoms. The largest absolute Gasteiger partial charge is 0.448 e. The topological polar surface area (TPSA) is 88.3 Å². The first-order chi connectivity index (χ1) is 15.0. The maximum atomic E-state index is 12.7. The Morgan fingerprint density at radius 2 is 1.58 bits per heavy atom. The van der Waals surface area contributed by atoms with Crippen LogP contribution < -0.4 is 10.7 Å². The number of carbonyl (C=O) groups is 2. The highest BCUT2D eigenvalue weighted by Crippen LogP contribution is 2.27. The Hall–Kier alpha value is -4.19. The minimum atomic E-state index is -1.06. The number of amides is 1. The second-order valence-electron chi connectivity index (χ2n) is 7.04. The highest BCUT2D eigenvalue weighted by atomic mass is 16.5. The van der Waals surface area contributed by atoms with Crippen LogP contribution in [-0.2, 0) is 9.53 Å². The van der Waals surface area contributed by atoms with Crippen molar-refractivity contribution in [3.8, 4) is 11.1 Å². The van der Waals surface area contributed by atoms with E-state index < -0.39 is 18.0 Å². The van der Waals surface area contributed by atoms with Gasteiger partial charge in [0.05, 0.1) is 0 Å². The number of hydrogen-bond acceptors (Lipinski definition) is 4. The molecule has 2 N–H and O–H groups in total. The van der Waals surface area contributed by atoms with E-state index in [1.807, 2.05) is 48.5 Å². The summed E-state index contributed by atoms with van der Waals surface area (Å²) >= 11 is 0. The maximum Gasteiger partial charge on any atom is 0.355 e. The van der Waals surface area contributed by atoms with Crippen LogP contribution >= 0.6 is 0 Å². The van der Waals surface area contributed by atoms with Gasteiger partial charge in [-0.15, -0.1) is 0 Å². The van der Waals surface area contributed by atoms with E-state index in [4.69, 9.17) is 4.74 Å². The number of rotatable bonds is 5. The Labute approximate surface area is 178 Å². The number of fused-ring (bicyclic) bond motifs is 1. The second-order valence-corrected chi connectivity index (χ2v) is 7.04. The van der Waals surface area contributed by atoms with E-state index in [0.29, 0.717) is 16.6 Å². The first-order valence-corrected chi connectivity index (χ1v) is 9.81. The molecule has 0 saturated heterocycles. The predicted molar refractivity (Wildman–Crippen MR) is 120 cm³/mol. The highest BCUT2D eigenvalue weighted by Gasteiger charge is 2.21. The molecule has 0 aliphatic rings. The Kier molecular flexibility index (Phi) is 5.62. The molecule has 1 atom stereocenters. The maximum absolute atomic E-state index is 12.7. The zero-order valence-corrected chi connectivity index (χ0v) is 16.8. The number of nitrogens with one attached hydrogen (secondary N) is 2. The van der Waals surface area contributed by atoms with E-state index in [1.54, 1.807) is 30.3 Å². The molecule has 1 amide bonds. The SMILES string of the molecule is C[C@H](OC(=O)c1cc(=O)c2ccccc2[nH]1)C(=O)Nc1ccccc1-c1ccccc1. The van der Waals surface area contributed by atoms with Crippen molar-refractivity contribution in [3.63, 3.8) is 0 Å². The van der Waals surface area contributed by atoms with Crippen LogP contribution in [-0.4, -0.2) is 23.0 Å². The first-order valence-electron chi connectivity index (χ1n) is 9.81. The summed E-state index contributed by atoms with van der Waals surface area (Å²) < 4.78 is 5.30. The number of esters is 1. The van der Waals surface area contributed by atoms with E-state index >= 15 is 0 Å². The molecule has 0 radical (unpaired) electrons. The lowest BCUT2D eigenvalue weighted by molar-refractivity contribution is -0.123. The van der Waals surface area contributed by atoms with Gasteiger partial charge in [-0.2, -0.15) is 0 Å². The number of pyridine rings is 1. The Morgan fingerprint density at radius 1 is 0.903 bits per heavy atom. The monoisotopic (exact) mass is 412 g/mol. The number of anilines is 1. The van der Waals surface area contributed by atoms with Gasteiger partial charge in [-0.1, -0.05) is 60.7 Å². The van der Waals surface area contributed by atoms with Crippen LogP contribution in [0.1, 0.15) is 17.4 Å². The number of aromatic nitrogens is 1. The number of aromatic amines is 1. The van der Waals surface area contributed by atoms with Gasteiger partial charge in [0.1, 0.15) is 5.69 Å². The predicted octanol–water partition coefficient (Wildman–Crippen LogP) is 4.38. The summed E-state index contributed by atoms with van der Waals surface area (Å²) in [6, 6.07) is 25.1. The third-order valence-electron chi connectivity index (χ3n) is 4.88. The molecule has 6 nitrogen and oxygen atoms in total. The fraction of sp³-hybridized carbons (Fsp3) is 0.0800. The Bertz CT molecular complexity index is 1310. The molecule has 4 aromatic rings. The normalized spacial score (nSPS) is 11.6. The molecule has 0 aliphatic carbocycles. The average Bonchev–Trinajstić information content (AvgIpc) is 2.80. The van der Waals surface area contributed by atoms with Crippen LogP contribution in [0.2, 0.25) is 0 Å². The molecule has 6 heteroatoms. The number of ether oxygens (including phenoxy) is 1. The van der Waals surface area contributed by atoms with E-state index in [-0.39, 0.29) is 11.1 Å². The molecule has 0 saturated carbocycles. The van der Waals surface area contributed by atoms with Crippen LogP contribution in [0, 0.1) is 0 Å². The van der Waals surface area contributed by atoms with Gasteiger partial charge in [0.25, 0.3) is 5.91 Å². The number of benzene rings is 3. The molecule has 4 rings (SSSR count). The van der Waals surface area contributed by atoms with Crippen molar-refractivity contribution >= 4 is 28.5 Å². The molecule has 0 aliphatic heterocycles. The van der Waals surface area contributed by atoms with Crippen molar-refractivity contribution in [1.82, 2.24) is 4.98 Å². The number of H-pyrrole nitrogens is 1. The fourth-order valence-electron chi connectivity index (χ4n) is 3.28. The van der Waals surface area contributed by atoms with Crippen LogP contribution in [0.4, 0.5) is 5.69 Å². The average molecular weight is 412 g/mol. The van der Waals surface area contributed by atoms with Gasteiger partial charge in [0, 0.05) is 28.2 Å². The highest BCUT2D eigenvalue weighted by molar-refractivity contribution is 6.00.